The van der Waals surface area contributed by atoms with Gasteiger partial charge in [0.25, 0.3) is 0 Å². The molecule has 0 saturated carbocycles. The van der Waals surface area contributed by atoms with Gasteiger partial charge in [-0.05, 0) is 0 Å². The van der Waals surface area contributed by atoms with E-state index in [-0.39, 0.29) is 36.5 Å². The molecule has 3 atom stereocenters. The van der Waals surface area contributed by atoms with Crippen LogP contribution in [-0.4, -0.2) is 6.66 Å². The zero-order valence-electron chi connectivity index (χ0n) is 19.3. The van der Waals surface area contributed by atoms with E-state index in [1.807, 2.05) is 0 Å². The molecule has 0 spiro atoms. The van der Waals surface area contributed by atoms with Crippen molar-refractivity contribution in [3.8, 4) is 22.3 Å². The van der Waals surface area contributed by atoms with Crippen LogP contribution in [0.25, 0.3) is 34.4 Å². The van der Waals surface area contributed by atoms with Crippen LogP contribution in [0, 0.1) is 0 Å². The maximum Gasteiger partial charge on any atom is -1.00 e. The summed E-state index contributed by atoms with van der Waals surface area (Å²) in [6.45, 7) is 2.49. The first kappa shape index (κ1) is 24.1. The molecule has 0 nitrogen and oxygen atoms in total. The molecule has 1 aliphatic heterocycles. The smallest absolute Gasteiger partial charge is 1.00 e. The molecule has 2 bridgehead atoms. The van der Waals surface area contributed by atoms with E-state index < -0.39 is 0 Å². The van der Waals surface area contributed by atoms with Crippen LogP contribution in [-0.2, 0) is 19.2 Å². The second-order valence-electron chi connectivity index (χ2n) is 9.06. The van der Waals surface area contributed by atoms with E-state index in [0.717, 1.165) is 0 Å². The molecule has 7 rings (SSSR count). The van der Waals surface area contributed by atoms with Gasteiger partial charge < -0.3 is 9.41 Å². The summed E-state index contributed by atoms with van der Waals surface area (Å²) in [5.74, 6) is 0. The number of fused-ring (bicyclic) bond motifs is 3. The standard InChI is InChI=1S/C16H12P.C15H11.2FH.Ti/c1-17-12-9-11-5-4-7-13(15(11)10-12)14-6-2-3-8-16(14)17;1-2-6-12(7-3-1)14-10-4-8-13-9-5-11-15(13)14;;;/h2-10H,1H3;1-11H;2*1H;/q;;;;+2/p-2. The number of benzene rings is 4. The number of halogens is 2. The summed E-state index contributed by atoms with van der Waals surface area (Å²) >= 11 is -0.299. The summed E-state index contributed by atoms with van der Waals surface area (Å²) in [5, 5.41) is 3.26. The monoisotopic (exact) mass is 512 g/mol. The maximum absolute atomic E-state index is 2.57. The SMILES string of the molecule is CP1C2=Cc3c(cccc3[CH]2[Ti+2][CH]2C=Cc3c(-c4ccccc4)cccc32)-c2ccccc21.[F-].[F-]. The molecule has 0 saturated heterocycles. The Labute approximate surface area is 215 Å². The number of allylic oxidation sites excluding steroid dienone is 2. The first-order chi connectivity index (χ1) is 16.3. The van der Waals surface area contributed by atoms with Crippen LogP contribution in [0.1, 0.15) is 30.7 Å². The van der Waals surface area contributed by atoms with Gasteiger partial charge in [0.1, 0.15) is 0 Å². The first-order valence-corrected chi connectivity index (χ1v) is 15.2. The minimum atomic E-state index is -0.299. The molecule has 0 amide bonds. The Hall–Kier alpha value is -2.64. The third-order valence-corrected chi connectivity index (χ3v) is 12.8. The average Bonchev–Trinajstić information content (AvgIpc) is 3.42. The largest absolute Gasteiger partial charge is 1.00 e. The van der Waals surface area contributed by atoms with Crippen LogP contribution in [0.2, 0.25) is 0 Å². The van der Waals surface area contributed by atoms with Gasteiger partial charge in [-0.2, -0.15) is 0 Å². The molecule has 0 fully saturated rings. The van der Waals surface area contributed by atoms with Crippen LogP contribution >= 0.6 is 7.92 Å². The van der Waals surface area contributed by atoms with Crippen molar-refractivity contribution < 1.29 is 28.6 Å². The number of hydrogen-bond acceptors (Lipinski definition) is 0. The van der Waals surface area contributed by atoms with Gasteiger partial charge in [0.15, 0.2) is 0 Å². The van der Waals surface area contributed by atoms with Crippen LogP contribution in [0.4, 0.5) is 0 Å². The van der Waals surface area contributed by atoms with E-state index in [1.165, 1.54) is 38.9 Å². The van der Waals surface area contributed by atoms with Crippen LogP contribution in [0.3, 0.4) is 0 Å². The fourth-order valence-electron chi connectivity index (χ4n) is 5.75. The first-order valence-electron chi connectivity index (χ1n) is 11.6. The minimum absolute atomic E-state index is 0. The third kappa shape index (κ3) is 3.71. The Morgan fingerprint density at radius 2 is 1.34 bits per heavy atom. The van der Waals surface area contributed by atoms with Gasteiger partial charge in [-0.3, -0.25) is 0 Å². The second kappa shape index (κ2) is 9.43. The maximum atomic E-state index is 2.57. The quantitative estimate of drug-likeness (QED) is 0.291. The Kier molecular flexibility index (Phi) is 6.49. The molecule has 0 N–H and O–H groups in total. The third-order valence-electron chi connectivity index (χ3n) is 7.34. The molecule has 4 aromatic carbocycles. The van der Waals surface area contributed by atoms with Gasteiger partial charge in [0, 0.05) is 0 Å². The molecule has 0 aromatic heterocycles. The van der Waals surface area contributed by atoms with Crippen molar-refractivity contribution in [3.63, 3.8) is 0 Å². The van der Waals surface area contributed by atoms with Gasteiger partial charge in [-0.1, -0.05) is 0 Å². The van der Waals surface area contributed by atoms with Gasteiger partial charge in [-0.25, -0.2) is 0 Å². The molecule has 4 heteroatoms. The van der Waals surface area contributed by atoms with E-state index in [9.17, 15) is 0 Å². The summed E-state index contributed by atoms with van der Waals surface area (Å²) in [6.07, 6.45) is 7.48. The summed E-state index contributed by atoms with van der Waals surface area (Å²) in [4.78, 5) is 0. The van der Waals surface area contributed by atoms with Gasteiger partial charge in [-0.15, -0.1) is 0 Å². The summed E-state index contributed by atoms with van der Waals surface area (Å²) in [6, 6.07) is 33.9. The number of rotatable bonds is 3. The Balaban J connectivity index is 0.00000127. The van der Waals surface area contributed by atoms with E-state index in [4.69, 9.17) is 0 Å². The topological polar surface area (TPSA) is 0 Å². The van der Waals surface area contributed by atoms with Crippen LogP contribution in [0.15, 0.2) is 102 Å². The summed E-state index contributed by atoms with van der Waals surface area (Å²) in [7, 11) is -0.298. The molecule has 3 unspecified atom stereocenters. The van der Waals surface area contributed by atoms with Gasteiger partial charge >= 0.3 is 207 Å². The fraction of sp³-hybridized carbons (Fsp3) is 0.0968. The predicted octanol–water partition coefficient (Wildman–Crippen LogP) is 2.03. The molecule has 4 aromatic rings. The van der Waals surface area contributed by atoms with Gasteiger partial charge in [0.05, 0.1) is 0 Å². The molecule has 0 radical (unpaired) electrons. The van der Waals surface area contributed by atoms with E-state index >= 15 is 0 Å². The Morgan fingerprint density at radius 3 is 2.17 bits per heavy atom. The zero-order chi connectivity index (χ0) is 21.9. The van der Waals surface area contributed by atoms with Crippen molar-refractivity contribution in [2.75, 3.05) is 6.66 Å². The Bertz CT molecular complexity index is 1470. The van der Waals surface area contributed by atoms with Crippen molar-refractivity contribution in [2.24, 2.45) is 0 Å². The molecule has 35 heavy (non-hydrogen) atoms. The van der Waals surface area contributed by atoms with Crippen LogP contribution < -0.4 is 14.7 Å². The van der Waals surface area contributed by atoms with Crippen molar-refractivity contribution in [2.45, 2.75) is 8.45 Å². The molecule has 2 aliphatic carbocycles. The van der Waals surface area contributed by atoms with Crippen molar-refractivity contribution in [1.82, 2.24) is 0 Å². The van der Waals surface area contributed by atoms with E-state index in [2.05, 4.69) is 116 Å². The normalized spacial score (nSPS) is 19.9. The van der Waals surface area contributed by atoms with Crippen molar-refractivity contribution in [1.29, 1.82) is 0 Å². The molecule has 1 heterocycles. The van der Waals surface area contributed by atoms with E-state index in [1.54, 1.807) is 16.2 Å². The van der Waals surface area contributed by atoms with Crippen molar-refractivity contribution in [3.05, 3.63) is 125 Å². The molecule has 3 aliphatic rings. The zero-order valence-corrected chi connectivity index (χ0v) is 21.7. The molecular formula is C31H23F2PTi. The van der Waals surface area contributed by atoms with Gasteiger partial charge in [0.2, 0.25) is 0 Å². The Morgan fingerprint density at radius 1 is 0.657 bits per heavy atom. The summed E-state index contributed by atoms with van der Waals surface area (Å²) < 4.78 is 1.22. The molecule has 170 valence electrons. The van der Waals surface area contributed by atoms with Crippen molar-refractivity contribution >= 4 is 25.4 Å². The average molecular weight is 512 g/mol. The fourth-order valence-corrected chi connectivity index (χ4v) is 11.6. The summed E-state index contributed by atoms with van der Waals surface area (Å²) in [5.41, 5.74) is 11.6. The molecular weight excluding hydrogens is 489 g/mol. The van der Waals surface area contributed by atoms with Crippen LogP contribution in [0.5, 0.6) is 0 Å². The predicted molar refractivity (Wildman–Crippen MR) is 139 cm³/mol. The minimum Gasteiger partial charge on any atom is -1.00 e. The second-order valence-corrected chi connectivity index (χ2v) is 13.6. The van der Waals surface area contributed by atoms with E-state index in [0.29, 0.717) is 8.45 Å². The number of hydrogen-bond donors (Lipinski definition) is 0.